The Kier molecular flexibility index (Phi) is 5.33. The minimum atomic E-state index is -0.531. The van der Waals surface area contributed by atoms with Crippen LogP contribution < -0.4 is 9.80 Å². The van der Waals surface area contributed by atoms with Crippen molar-refractivity contribution >= 4 is 29.2 Å². The van der Waals surface area contributed by atoms with Gasteiger partial charge < -0.3 is 9.64 Å². The molecule has 1 aromatic heterocycles. The Hall–Kier alpha value is -1.49. The summed E-state index contributed by atoms with van der Waals surface area (Å²) in [6.45, 7) is 15.4. The zero-order valence-electron chi connectivity index (χ0n) is 15.7. The number of pyridine rings is 1. The molecule has 0 spiro atoms. The first-order valence-corrected chi connectivity index (χ1v) is 9.00. The number of ether oxygens (including phenoxy) is 1. The van der Waals surface area contributed by atoms with Gasteiger partial charge in [0.25, 0.3) is 0 Å². The highest BCUT2D eigenvalue weighted by Gasteiger charge is 2.43. The molecule has 1 aromatic rings. The molecular weight excluding hydrogens is 326 g/mol. The van der Waals surface area contributed by atoms with Gasteiger partial charge in [-0.3, -0.25) is 4.90 Å². The van der Waals surface area contributed by atoms with Crippen LogP contribution in [0.2, 0.25) is 5.15 Å². The molecule has 3 rings (SSSR count). The fourth-order valence-electron chi connectivity index (χ4n) is 3.15. The van der Waals surface area contributed by atoms with Crippen LogP contribution in [0.3, 0.4) is 0 Å². The molecule has 0 N–H and O–H groups in total. The molecular formula is C18H28ClN3O2. The van der Waals surface area contributed by atoms with Gasteiger partial charge in [-0.15, -0.1) is 0 Å². The highest BCUT2D eigenvalue weighted by Crippen LogP contribution is 2.43. The topological polar surface area (TPSA) is 45.7 Å². The molecule has 1 unspecified atom stereocenters. The van der Waals surface area contributed by atoms with Crippen molar-refractivity contribution in [1.29, 1.82) is 0 Å². The van der Waals surface area contributed by atoms with E-state index in [1.165, 1.54) is 0 Å². The van der Waals surface area contributed by atoms with Gasteiger partial charge in [-0.25, -0.2) is 9.78 Å². The number of halogens is 1. The molecule has 3 heterocycles. The Morgan fingerprint density at radius 2 is 1.88 bits per heavy atom. The normalized spacial score (nSPS) is 18.8. The van der Waals surface area contributed by atoms with E-state index in [2.05, 4.69) is 9.88 Å². The van der Waals surface area contributed by atoms with Gasteiger partial charge in [0, 0.05) is 13.1 Å². The molecule has 6 heteroatoms. The van der Waals surface area contributed by atoms with Gasteiger partial charge in [0.1, 0.15) is 10.8 Å². The summed E-state index contributed by atoms with van der Waals surface area (Å²) in [5, 5.41) is 0.451. The van der Waals surface area contributed by atoms with E-state index in [1.54, 1.807) is 4.90 Å². The predicted octanol–water partition coefficient (Wildman–Crippen LogP) is 4.71. The van der Waals surface area contributed by atoms with E-state index in [4.69, 9.17) is 16.3 Å². The molecule has 2 aliphatic rings. The lowest BCUT2D eigenvalue weighted by Crippen LogP contribution is -2.48. The predicted molar refractivity (Wildman–Crippen MR) is 99.4 cm³/mol. The summed E-state index contributed by atoms with van der Waals surface area (Å²) in [7, 11) is 0. The molecule has 2 bridgehead atoms. The van der Waals surface area contributed by atoms with E-state index in [1.807, 2.05) is 48.5 Å². The van der Waals surface area contributed by atoms with Crippen LogP contribution in [0.15, 0.2) is 0 Å². The second-order valence-corrected chi connectivity index (χ2v) is 7.42. The maximum atomic E-state index is 12.7. The fraction of sp³-hybridized carbons (Fsp3) is 0.667. The molecule has 1 amide bonds. The lowest BCUT2D eigenvalue weighted by Gasteiger charge is -2.37. The minimum absolute atomic E-state index is 0.105. The van der Waals surface area contributed by atoms with E-state index in [9.17, 15) is 4.79 Å². The Balaban J connectivity index is 0.00000100. The number of rotatable bonds is 0. The fourth-order valence-corrected chi connectivity index (χ4v) is 3.37. The van der Waals surface area contributed by atoms with Crippen LogP contribution in [-0.2, 0) is 4.74 Å². The standard InChI is InChI=1S/C16H22ClN3O2.C2H6/c1-9-10(2)13(17)18-14-12(9)19-7-6-11(8-19)20(14)15(21)22-16(3,4)5;1-2/h11H,6-8H2,1-5H3;1-2H3. The summed E-state index contributed by atoms with van der Waals surface area (Å²) in [5.41, 5.74) is 2.54. The molecule has 0 aromatic carbocycles. The van der Waals surface area contributed by atoms with Crippen molar-refractivity contribution in [3.63, 3.8) is 0 Å². The van der Waals surface area contributed by atoms with Crippen LogP contribution in [-0.4, -0.2) is 35.8 Å². The lowest BCUT2D eigenvalue weighted by molar-refractivity contribution is 0.0566. The number of hydrogen-bond donors (Lipinski definition) is 0. The van der Waals surface area contributed by atoms with Crippen molar-refractivity contribution in [2.45, 2.75) is 66.5 Å². The molecule has 1 fully saturated rings. The first-order chi connectivity index (χ1) is 11.2. The van der Waals surface area contributed by atoms with Crippen molar-refractivity contribution in [2.24, 2.45) is 0 Å². The quantitative estimate of drug-likeness (QED) is 0.633. The van der Waals surface area contributed by atoms with Crippen molar-refractivity contribution in [3.05, 3.63) is 16.3 Å². The average Bonchev–Trinajstić information content (AvgIpc) is 2.89. The Labute approximate surface area is 149 Å². The van der Waals surface area contributed by atoms with E-state index < -0.39 is 5.60 Å². The van der Waals surface area contributed by atoms with Crippen LogP contribution in [0.1, 0.15) is 52.2 Å². The number of nitrogens with zero attached hydrogens (tertiary/aromatic N) is 3. The monoisotopic (exact) mass is 353 g/mol. The third-order valence-electron chi connectivity index (χ3n) is 4.31. The molecule has 134 valence electrons. The molecule has 0 aliphatic carbocycles. The number of carbonyl (C=O) groups is 1. The van der Waals surface area contributed by atoms with Gasteiger partial charge in [0.15, 0.2) is 5.82 Å². The number of amides is 1. The first kappa shape index (κ1) is 18.8. The zero-order valence-corrected chi connectivity index (χ0v) is 16.5. The Morgan fingerprint density at radius 3 is 2.46 bits per heavy atom. The van der Waals surface area contributed by atoms with Crippen molar-refractivity contribution in [2.75, 3.05) is 22.9 Å². The second-order valence-electron chi connectivity index (χ2n) is 7.06. The van der Waals surface area contributed by atoms with Crippen molar-refractivity contribution in [3.8, 4) is 0 Å². The first-order valence-electron chi connectivity index (χ1n) is 8.63. The number of aromatic nitrogens is 1. The maximum Gasteiger partial charge on any atom is 0.416 e. The molecule has 0 radical (unpaired) electrons. The summed E-state index contributed by atoms with van der Waals surface area (Å²) in [6.07, 6.45) is 0.582. The molecule has 1 saturated heterocycles. The summed E-state index contributed by atoms with van der Waals surface area (Å²) >= 11 is 6.26. The van der Waals surface area contributed by atoms with E-state index >= 15 is 0 Å². The minimum Gasteiger partial charge on any atom is -0.443 e. The van der Waals surface area contributed by atoms with Crippen molar-refractivity contribution in [1.82, 2.24) is 4.98 Å². The van der Waals surface area contributed by atoms with Crippen LogP contribution in [0.5, 0.6) is 0 Å². The van der Waals surface area contributed by atoms with Crippen LogP contribution in [0, 0.1) is 13.8 Å². The van der Waals surface area contributed by atoms with Gasteiger partial charge in [-0.1, -0.05) is 25.4 Å². The summed E-state index contributed by atoms with van der Waals surface area (Å²) in [5.74, 6) is 0.635. The SMILES string of the molecule is CC.Cc1c(Cl)nc2c(c1C)N1CCC(C1)N2C(=O)OC(C)(C)C. The third-order valence-corrected chi connectivity index (χ3v) is 4.67. The van der Waals surface area contributed by atoms with Gasteiger partial charge in [0.05, 0.1) is 11.7 Å². The summed E-state index contributed by atoms with van der Waals surface area (Å²) in [6, 6.07) is 0.105. The number of fused-ring (bicyclic) bond motifs is 4. The summed E-state index contributed by atoms with van der Waals surface area (Å²) < 4.78 is 5.58. The average molecular weight is 354 g/mol. The molecule has 2 aliphatic heterocycles. The van der Waals surface area contributed by atoms with Crippen LogP contribution in [0.25, 0.3) is 0 Å². The molecule has 0 saturated carbocycles. The van der Waals surface area contributed by atoms with Gasteiger partial charge in [0.2, 0.25) is 0 Å². The number of hydrogen-bond acceptors (Lipinski definition) is 4. The highest BCUT2D eigenvalue weighted by atomic mass is 35.5. The molecule has 1 atom stereocenters. The maximum absolute atomic E-state index is 12.7. The van der Waals surface area contributed by atoms with Gasteiger partial charge in [-0.05, 0) is 52.2 Å². The Bertz CT molecular complexity index is 640. The van der Waals surface area contributed by atoms with Crippen LogP contribution >= 0.6 is 11.6 Å². The third kappa shape index (κ3) is 3.32. The number of carbonyl (C=O) groups excluding carboxylic acids is 1. The highest BCUT2D eigenvalue weighted by molar-refractivity contribution is 6.30. The van der Waals surface area contributed by atoms with Crippen molar-refractivity contribution < 1.29 is 9.53 Å². The number of anilines is 2. The van der Waals surface area contributed by atoms with E-state index in [0.29, 0.717) is 11.0 Å². The lowest BCUT2D eigenvalue weighted by atomic mass is 10.1. The summed E-state index contributed by atoms with van der Waals surface area (Å²) in [4.78, 5) is 21.2. The zero-order chi connectivity index (χ0) is 18.2. The van der Waals surface area contributed by atoms with E-state index in [-0.39, 0.29) is 12.1 Å². The molecule has 24 heavy (non-hydrogen) atoms. The smallest absolute Gasteiger partial charge is 0.416 e. The van der Waals surface area contributed by atoms with E-state index in [0.717, 1.165) is 36.3 Å². The molecule has 5 nitrogen and oxygen atoms in total. The largest absolute Gasteiger partial charge is 0.443 e. The second kappa shape index (κ2) is 6.79. The Morgan fingerprint density at radius 1 is 1.25 bits per heavy atom. The van der Waals surface area contributed by atoms with Gasteiger partial charge in [-0.2, -0.15) is 0 Å². The van der Waals surface area contributed by atoms with Gasteiger partial charge >= 0.3 is 6.09 Å². The van der Waals surface area contributed by atoms with Crippen LogP contribution in [0.4, 0.5) is 16.3 Å².